The summed E-state index contributed by atoms with van der Waals surface area (Å²) in [5, 5.41) is 2.64. The molecule has 2 aromatic heterocycles. The predicted molar refractivity (Wildman–Crippen MR) is 125 cm³/mol. The highest BCUT2D eigenvalue weighted by molar-refractivity contribution is 6.03. The Morgan fingerprint density at radius 1 is 0.970 bits per heavy atom. The van der Waals surface area contributed by atoms with Gasteiger partial charge in [-0.1, -0.05) is 48.5 Å². The summed E-state index contributed by atoms with van der Waals surface area (Å²) < 4.78 is 19.2. The minimum atomic E-state index is -1.02. The lowest BCUT2D eigenvalue weighted by atomic mass is 9.89. The van der Waals surface area contributed by atoms with E-state index in [1.54, 1.807) is 36.5 Å². The lowest BCUT2D eigenvalue weighted by Gasteiger charge is -2.33. The zero-order valence-corrected chi connectivity index (χ0v) is 17.9. The molecule has 33 heavy (non-hydrogen) atoms. The minimum absolute atomic E-state index is 0.0608. The Hall–Kier alpha value is -4.00. The van der Waals surface area contributed by atoms with Crippen molar-refractivity contribution in [3.8, 4) is 11.5 Å². The Morgan fingerprint density at radius 2 is 1.67 bits per heavy atom. The summed E-state index contributed by atoms with van der Waals surface area (Å²) in [6, 6.07) is 22.1. The fourth-order valence-corrected chi connectivity index (χ4v) is 4.15. The molecule has 1 aliphatic heterocycles. The van der Waals surface area contributed by atoms with Crippen LogP contribution in [0, 0.1) is 6.01 Å². The molecule has 1 aliphatic rings. The second-order valence-electron chi connectivity index (χ2n) is 8.04. The van der Waals surface area contributed by atoms with Gasteiger partial charge in [0.2, 0.25) is 11.6 Å². The number of anilines is 2. The molecule has 0 aliphatic carbocycles. The number of amides is 1. The van der Waals surface area contributed by atoms with Crippen LogP contribution in [0.1, 0.15) is 34.8 Å². The molecule has 0 unspecified atom stereocenters. The van der Waals surface area contributed by atoms with E-state index < -0.39 is 11.9 Å². The number of rotatable bonds is 5. The minimum Gasteiger partial charge on any atom is -0.410 e. The molecule has 0 saturated carbocycles. The van der Waals surface area contributed by atoms with Crippen LogP contribution in [0.4, 0.5) is 15.9 Å². The van der Waals surface area contributed by atoms with Gasteiger partial charge in [0.05, 0.1) is 11.9 Å². The van der Waals surface area contributed by atoms with E-state index in [1.807, 2.05) is 18.2 Å². The molecular formula is C26H23FN4O2. The van der Waals surface area contributed by atoms with Crippen LogP contribution in [-0.4, -0.2) is 29.0 Å². The number of aromatic nitrogens is 2. The Balaban J connectivity index is 1.21. The van der Waals surface area contributed by atoms with Crippen molar-refractivity contribution >= 4 is 17.4 Å². The van der Waals surface area contributed by atoms with Gasteiger partial charge in [0.1, 0.15) is 5.82 Å². The SMILES string of the molecule is O=C(Nc1ccc(N2CCC(c3ccccc3)CC2)nc1)c1nc(-c2ccccc2)oc1F. The van der Waals surface area contributed by atoms with Gasteiger partial charge >= 0.3 is 6.01 Å². The Morgan fingerprint density at radius 3 is 2.33 bits per heavy atom. The third-order valence-corrected chi connectivity index (χ3v) is 5.92. The molecule has 6 nitrogen and oxygen atoms in total. The fraction of sp³-hybridized carbons (Fsp3) is 0.192. The van der Waals surface area contributed by atoms with Crippen LogP contribution in [0.3, 0.4) is 0 Å². The van der Waals surface area contributed by atoms with Gasteiger partial charge in [-0.15, -0.1) is 0 Å². The average Bonchev–Trinajstić information content (AvgIpc) is 3.27. The molecule has 0 atom stereocenters. The van der Waals surface area contributed by atoms with E-state index in [0.29, 0.717) is 17.2 Å². The third-order valence-electron chi connectivity index (χ3n) is 5.92. The molecular weight excluding hydrogens is 419 g/mol. The topological polar surface area (TPSA) is 71.3 Å². The van der Waals surface area contributed by atoms with Crippen molar-refractivity contribution in [2.24, 2.45) is 0 Å². The number of nitrogens with one attached hydrogen (secondary N) is 1. The monoisotopic (exact) mass is 442 g/mol. The molecule has 166 valence electrons. The van der Waals surface area contributed by atoms with Crippen molar-refractivity contribution in [1.29, 1.82) is 0 Å². The molecule has 0 spiro atoms. The number of hydrogen-bond acceptors (Lipinski definition) is 5. The van der Waals surface area contributed by atoms with Crippen LogP contribution >= 0.6 is 0 Å². The maximum atomic E-state index is 14.2. The van der Waals surface area contributed by atoms with Crippen molar-refractivity contribution in [2.75, 3.05) is 23.3 Å². The number of carbonyl (C=O) groups is 1. The van der Waals surface area contributed by atoms with Crippen LogP contribution in [-0.2, 0) is 0 Å². The van der Waals surface area contributed by atoms with Crippen LogP contribution < -0.4 is 10.2 Å². The summed E-state index contributed by atoms with van der Waals surface area (Å²) in [4.78, 5) is 23.3. The lowest BCUT2D eigenvalue weighted by Crippen LogP contribution is -2.33. The number of piperidine rings is 1. The maximum Gasteiger partial charge on any atom is 0.311 e. The highest BCUT2D eigenvalue weighted by Gasteiger charge is 2.23. The van der Waals surface area contributed by atoms with E-state index in [2.05, 4.69) is 44.5 Å². The van der Waals surface area contributed by atoms with Crippen LogP contribution in [0.15, 0.2) is 83.4 Å². The summed E-state index contributed by atoms with van der Waals surface area (Å²) in [5.41, 5.74) is 2.06. The summed E-state index contributed by atoms with van der Waals surface area (Å²) in [7, 11) is 0. The molecule has 3 heterocycles. The van der Waals surface area contributed by atoms with Gasteiger partial charge in [0.25, 0.3) is 5.91 Å². The van der Waals surface area contributed by atoms with E-state index >= 15 is 0 Å². The van der Waals surface area contributed by atoms with Crippen molar-refractivity contribution in [2.45, 2.75) is 18.8 Å². The molecule has 1 N–H and O–H groups in total. The van der Waals surface area contributed by atoms with Gasteiger partial charge in [-0.25, -0.2) is 9.97 Å². The second-order valence-corrected chi connectivity index (χ2v) is 8.04. The van der Waals surface area contributed by atoms with E-state index in [0.717, 1.165) is 31.7 Å². The van der Waals surface area contributed by atoms with Gasteiger partial charge in [-0.05, 0) is 48.6 Å². The number of halogens is 1. The zero-order chi connectivity index (χ0) is 22.6. The molecule has 1 saturated heterocycles. The molecule has 1 amide bonds. The van der Waals surface area contributed by atoms with E-state index in [-0.39, 0.29) is 11.6 Å². The number of nitrogens with zero attached hydrogens (tertiary/aromatic N) is 3. The average molecular weight is 442 g/mol. The van der Waals surface area contributed by atoms with Crippen molar-refractivity contribution in [3.05, 3.63) is 96.3 Å². The number of hydrogen-bond donors (Lipinski definition) is 1. The quantitative estimate of drug-likeness (QED) is 0.441. The second kappa shape index (κ2) is 9.24. The van der Waals surface area contributed by atoms with Gasteiger partial charge in [0, 0.05) is 18.7 Å². The van der Waals surface area contributed by atoms with Gasteiger partial charge in [-0.2, -0.15) is 4.39 Å². The normalized spacial score (nSPS) is 14.3. The number of pyridine rings is 1. The Bertz CT molecular complexity index is 1220. The van der Waals surface area contributed by atoms with Crippen LogP contribution in [0.5, 0.6) is 0 Å². The Labute approximate surface area is 191 Å². The van der Waals surface area contributed by atoms with Crippen LogP contribution in [0.2, 0.25) is 0 Å². The van der Waals surface area contributed by atoms with Gasteiger partial charge in [0.15, 0.2) is 0 Å². The molecule has 2 aromatic carbocycles. The van der Waals surface area contributed by atoms with E-state index in [1.165, 1.54) is 5.56 Å². The summed E-state index contributed by atoms with van der Waals surface area (Å²) in [6.07, 6.45) is 3.71. The Kier molecular flexibility index (Phi) is 5.85. The highest BCUT2D eigenvalue weighted by Crippen LogP contribution is 2.30. The summed E-state index contributed by atoms with van der Waals surface area (Å²) >= 11 is 0. The van der Waals surface area contributed by atoms with Crippen molar-refractivity contribution < 1.29 is 13.6 Å². The van der Waals surface area contributed by atoms with Gasteiger partial charge < -0.3 is 14.6 Å². The molecule has 4 aromatic rings. The van der Waals surface area contributed by atoms with Gasteiger partial charge in [-0.3, -0.25) is 4.79 Å². The molecule has 0 bridgehead atoms. The first-order valence-corrected chi connectivity index (χ1v) is 11.0. The molecule has 5 rings (SSSR count). The third kappa shape index (κ3) is 4.62. The highest BCUT2D eigenvalue weighted by atomic mass is 19.1. The summed E-state index contributed by atoms with van der Waals surface area (Å²) in [6.45, 7) is 1.84. The molecule has 7 heteroatoms. The largest absolute Gasteiger partial charge is 0.410 e. The first kappa shape index (κ1) is 20.9. The predicted octanol–water partition coefficient (Wildman–Crippen LogP) is 5.51. The summed E-state index contributed by atoms with van der Waals surface area (Å²) in [5.74, 6) is 0.805. The van der Waals surface area contributed by atoms with Crippen molar-refractivity contribution in [1.82, 2.24) is 9.97 Å². The first-order chi connectivity index (χ1) is 16.2. The lowest BCUT2D eigenvalue weighted by molar-refractivity contribution is 0.101. The van der Waals surface area contributed by atoms with Crippen molar-refractivity contribution in [3.63, 3.8) is 0 Å². The molecule has 1 fully saturated rings. The number of benzene rings is 2. The van der Waals surface area contributed by atoms with Crippen LogP contribution in [0.25, 0.3) is 11.5 Å². The smallest absolute Gasteiger partial charge is 0.311 e. The maximum absolute atomic E-state index is 14.2. The fourth-order valence-electron chi connectivity index (χ4n) is 4.15. The first-order valence-electron chi connectivity index (χ1n) is 11.0. The number of carbonyl (C=O) groups excluding carboxylic acids is 1. The van der Waals surface area contributed by atoms with E-state index in [4.69, 9.17) is 4.42 Å². The number of oxazole rings is 1. The van der Waals surface area contributed by atoms with E-state index in [9.17, 15) is 9.18 Å². The standard InChI is InChI=1S/C26H23FN4O2/c27-24-23(30-26(33-24)20-9-5-2-6-10-20)25(32)29-21-11-12-22(28-17-21)31-15-13-19(14-16-31)18-7-3-1-4-8-18/h1-12,17,19H,13-16H2,(H,29,32). The zero-order valence-electron chi connectivity index (χ0n) is 17.9. The molecule has 0 radical (unpaired) electrons.